The van der Waals surface area contributed by atoms with Gasteiger partial charge in [0, 0.05) is 11.8 Å². The molecule has 0 heterocycles. The Kier molecular flexibility index (Phi) is 5.35. The molecule has 2 rings (SSSR count). The molecular formula is C16H15F2NO4. The van der Waals surface area contributed by atoms with Crippen LogP contribution in [0.2, 0.25) is 0 Å². The Morgan fingerprint density at radius 1 is 1.17 bits per heavy atom. The third-order valence-electron chi connectivity index (χ3n) is 2.96. The minimum Gasteiger partial charge on any atom is -0.508 e. The predicted octanol–water partition coefficient (Wildman–Crippen LogP) is 3.18. The second-order valence-corrected chi connectivity index (χ2v) is 4.64. The van der Waals surface area contributed by atoms with Crippen molar-refractivity contribution >= 4 is 11.6 Å². The standard InChI is InChI=1S/C16H15F2NO4/c1-22-13-7-4-11(9-14(13)23-16(17)18)19-15(21)8-10-2-5-12(20)6-3-10/h2-7,9,16,20H,8H2,1H3,(H,19,21). The molecular weight excluding hydrogens is 308 g/mol. The Morgan fingerprint density at radius 3 is 2.48 bits per heavy atom. The molecule has 0 aliphatic heterocycles. The van der Waals surface area contributed by atoms with Gasteiger partial charge in [0.2, 0.25) is 5.91 Å². The van der Waals surface area contributed by atoms with Gasteiger partial charge in [-0.3, -0.25) is 4.79 Å². The Balaban J connectivity index is 2.06. The fraction of sp³-hybridized carbons (Fsp3) is 0.188. The maximum absolute atomic E-state index is 12.4. The van der Waals surface area contributed by atoms with E-state index in [1.165, 1.54) is 37.4 Å². The van der Waals surface area contributed by atoms with Crippen LogP contribution in [0.25, 0.3) is 0 Å². The number of aromatic hydroxyl groups is 1. The summed E-state index contributed by atoms with van der Waals surface area (Å²) in [5.41, 5.74) is 1.02. The number of amides is 1. The number of rotatable bonds is 6. The summed E-state index contributed by atoms with van der Waals surface area (Å²) in [6.07, 6.45) is 0.0807. The zero-order chi connectivity index (χ0) is 16.8. The van der Waals surface area contributed by atoms with Crippen LogP contribution in [-0.4, -0.2) is 24.7 Å². The second-order valence-electron chi connectivity index (χ2n) is 4.64. The number of hydrogen-bond acceptors (Lipinski definition) is 4. The van der Waals surface area contributed by atoms with E-state index in [2.05, 4.69) is 10.1 Å². The zero-order valence-electron chi connectivity index (χ0n) is 12.3. The number of carbonyl (C=O) groups excluding carboxylic acids is 1. The molecule has 0 fully saturated rings. The van der Waals surface area contributed by atoms with Crippen molar-refractivity contribution in [3.63, 3.8) is 0 Å². The molecule has 2 aromatic rings. The second kappa shape index (κ2) is 7.44. The van der Waals surface area contributed by atoms with Gasteiger partial charge in [0.1, 0.15) is 5.75 Å². The van der Waals surface area contributed by atoms with Crippen molar-refractivity contribution in [3.05, 3.63) is 48.0 Å². The van der Waals surface area contributed by atoms with Crippen LogP contribution in [-0.2, 0) is 11.2 Å². The molecule has 23 heavy (non-hydrogen) atoms. The third kappa shape index (κ3) is 4.84. The van der Waals surface area contributed by atoms with Crippen molar-refractivity contribution in [2.45, 2.75) is 13.0 Å². The first-order chi connectivity index (χ1) is 11.0. The number of nitrogens with one attached hydrogen (secondary N) is 1. The first-order valence-electron chi connectivity index (χ1n) is 6.68. The molecule has 0 aliphatic rings. The lowest BCUT2D eigenvalue weighted by Gasteiger charge is -2.12. The van der Waals surface area contributed by atoms with Gasteiger partial charge in [-0.1, -0.05) is 12.1 Å². The average Bonchev–Trinajstić information content (AvgIpc) is 2.49. The first kappa shape index (κ1) is 16.5. The van der Waals surface area contributed by atoms with Crippen LogP contribution in [0.15, 0.2) is 42.5 Å². The molecule has 7 heteroatoms. The number of alkyl halides is 2. The number of benzene rings is 2. The Bertz CT molecular complexity index is 674. The first-order valence-corrected chi connectivity index (χ1v) is 6.68. The summed E-state index contributed by atoms with van der Waals surface area (Å²) in [7, 11) is 1.33. The quantitative estimate of drug-likeness (QED) is 0.857. The Labute approximate surface area is 131 Å². The monoisotopic (exact) mass is 323 g/mol. The predicted molar refractivity (Wildman–Crippen MR) is 80.1 cm³/mol. The number of anilines is 1. The highest BCUT2D eigenvalue weighted by Gasteiger charge is 2.12. The van der Waals surface area contributed by atoms with Crippen molar-refractivity contribution in [1.29, 1.82) is 0 Å². The highest BCUT2D eigenvalue weighted by atomic mass is 19.3. The van der Waals surface area contributed by atoms with Gasteiger partial charge in [0.15, 0.2) is 11.5 Å². The van der Waals surface area contributed by atoms with E-state index in [0.29, 0.717) is 11.3 Å². The van der Waals surface area contributed by atoms with Crippen molar-refractivity contribution in [1.82, 2.24) is 0 Å². The van der Waals surface area contributed by atoms with Crippen molar-refractivity contribution in [2.75, 3.05) is 12.4 Å². The van der Waals surface area contributed by atoms with Crippen molar-refractivity contribution in [3.8, 4) is 17.2 Å². The molecule has 0 aromatic heterocycles. The van der Waals surface area contributed by atoms with Gasteiger partial charge in [-0.05, 0) is 29.8 Å². The highest BCUT2D eigenvalue weighted by molar-refractivity contribution is 5.92. The number of hydrogen-bond donors (Lipinski definition) is 2. The van der Waals surface area contributed by atoms with E-state index >= 15 is 0 Å². The number of carbonyl (C=O) groups is 1. The van der Waals surface area contributed by atoms with Crippen LogP contribution in [0.5, 0.6) is 17.2 Å². The zero-order valence-corrected chi connectivity index (χ0v) is 12.3. The summed E-state index contributed by atoms with van der Waals surface area (Å²) < 4.78 is 34.0. The topological polar surface area (TPSA) is 67.8 Å². The highest BCUT2D eigenvalue weighted by Crippen LogP contribution is 2.31. The third-order valence-corrected chi connectivity index (χ3v) is 2.96. The van der Waals surface area contributed by atoms with Gasteiger partial charge in [-0.2, -0.15) is 8.78 Å². The van der Waals surface area contributed by atoms with Crippen LogP contribution < -0.4 is 14.8 Å². The van der Waals surface area contributed by atoms with E-state index in [-0.39, 0.29) is 29.6 Å². The van der Waals surface area contributed by atoms with E-state index in [9.17, 15) is 18.7 Å². The fourth-order valence-electron chi connectivity index (χ4n) is 1.95. The van der Waals surface area contributed by atoms with E-state index in [1.54, 1.807) is 12.1 Å². The van der Waals surface area contributed by atoms with Crippen molar-refractivity contribution < 1.29 is 28.2 Å². The number of phenolic OH excluding ortho intramolecular Hbond substituents is 1. The van der Waals surface area contributed by atoms with E-state index < -0.39 is 6.61 Å². The minimum atomic E-state index is -2.99. The number of methoxy groups -OCH3 is 1. The number of ether oxygens (including phenoxy) is 2. The lowest BCUT2D eigenvalue weighted by atomic mass is 10.1. The summed E-state index contributed by atoms with van der Waals surface area (Å²) in [5, 5.41) is 11.8. The SMILES string of the molecule is COc1ccc(NC(=O)Cc2ccc(O)cc2)cc1OC(F)F. The average molecular weight is 323 g/mol. The van der Waals surface area contributed by atoms with Gasteiger partial charge in [-0.25, -0.2) is 0 Å². The van der Waals surface area contributed by atoms with E-state index in [1.807, 2.05) is 0 Å². The smallest absolute Gasteiger partial charge is 0.387 e. The summed E-state index contributed by atoms with van der Waals surface area (Å²) in [6.45, 7) is -2.99. The number of halogens is 2. The maximum Gasteiger partial charge on any atom is 0.387 e. The van der Waals surface area contributed by atoms with Crippen molar-refractivity contribution in [2.24, 2.45) is 0 Å². The summed E-state index contributed by atoms with van der Waals surface area (Å²) in [6, 6.07) is 10.4. The lowest BCUT2D eigenvalue weighted by molar-refractivity contribution is -0.115. The molecule has 0 saturated carbocycles. The van der Waals surface area contributed by atoms with Gasteiger partial charge in [0.25, 0.3) is 0 Å². The van der Waals surface area contributed by atoms with Gasteiger partial charge in [0.05, 0.1) is 13.5 Å². The molecule has 2 N–H and O–H groups in total. The van der Waals surface area contributed by atoms with Gasteiger partial charge < -0.3 is 19.9 Å². The molecule has 0 saturated heterocycles. The summed E-state index contributed by atoms with van der Waals surface area (Å²) in [4.78, 5) is 12.0. The molecule has 1 amide bonds. The largest absolute Gasteiger partial charge is 0.508 e. The van der Waals surface area contributed by atoms with E-state index in [4.69, 9.17) is 4.74 Å². The van der Waals surface area contributed by atoms with E-state index in [0.717, 1.165) is 0 Å². The molecule has 0 spiro atoms. The fourth-order valence-corrected chi connectivity index (χ4v) is 1.95. The molecule has 0 unspecified atom stereocenters. The van der Waals surface area contributed by atoms with Crippen LogP contribution in [0.1, 0.15) is 5.56 Å². The van der Waals surface area contributed by atoms with Crippen LogP contribution >= 0.6 is 0 Å². The maximum atomic E-state index is 12.4. The molecule has 0 aliphatic carbocycles. The molecule has 5 nitrogen and oxygen atoms in total. The molecule has 0 atom stereocenters. The summed E-state index contributed by atoms with van der Waals surface area (Å²) in [5.74, 6) is -0.242. The molecule has 122 valence electrons. The molecule has 0 radical (unpaired) electrons. The Hall–Kier alpha value is -2.83. The Morgan fingerprint density at radius 2 is 1.87 bits per heavy atom. The van der Waals surface area contributed by atoms with Crippen LogP contribution in [0.4, 0.5) is 14.5 Å². The minimum absolute atomic E-state index is 0.0807. The number of phenols is 1. The van der Waals surface area contributed by atoms with Gasteiger partial charge >= 0.3 is 6.61 Å². The molecule has 2 aromatic carbocycles. The van der Waals surface area contributed by atoms with Crippen LogP contribution in [0, 0.1) is 0 Å². The normalized spacial score (nSPS) is 10.4. The van der Waals surface area contributed by atoms with Crippen LogP contribution in [0.3, 0.4) is 0 Å². The molecule has 0 bridgehead atoms. The lowest BCUT2D eigenvalue weighted by Crippen LogP contribution is -2.14. The van der Waals surface area contributed by atoms with Gasteiger partial charge in [-0.15, -0.1) is 0 Å². The summed E-state index contributed by atoms with van der Waals surface area (Å²) >= 11 is 0.